The van der Waals surface area contributed by atoms with E-state index in [1.807, 2.05) is 37.5 Å². The lowest BCUT2D eigenvalue weighted by molar-refractivity contribution is -0.274. The molecule has 9 nitrogen and oxygen atoms in total. The van der Waals surface area contributed by atoms with E-state index in [-0.39, 0.29) is 11.6 Å². The van der Waals surface area contributed by atoms with E-state index in [4.69, 9.17) is 9.26 Å². The summed E-state index contributed by atoms with van der Waals surface area (Å²) in [6.45, 7) is 7.88. The second-order valence-electron chi connectivity index (χ2n) is 8.93. The average molecular weight is 529 g/mol. The number of morpholine rings is 1. The largest absolute Gasteiger partial charge is 0.573 e. The summed E-state index contributed by atoms with van der Waals surface area (Å²) in [5, 5.41) is 7.33. The molecule has 1 aliphatic heterocycles. The van der Waals surface area contributed by atoms with Crippen molar-refractivity contribution in [1.29, 1.82) is 0 Å². The molecule has 1 saturated heterocycles. The van der Waals surface area contributed by atoms with Gasteiger partial charge in [-0.1, -0.05) is 11.2 Å². The lowest BCUT2D eigenvalue weighted by atomic mass is 10.2. The number of ether oxygens (including phenoxy) is 2. The third-order valence-corrected chi connectivity index (χ3v) is 6.15. The minimum atomic E-state index is -4.75. The molecule has 3 aromatic heterocycles. The van der Waals surface area contributed by atoms with Gasteiger partial charge in [0, 0.05) is 56.4 Å². The first-order valence-electron chi connectivity index (χ1n) is 12.2. The van der Waals surface area contributed by atoms with Crippen LogP contribution in [0.1, 0.15) is 11.3 Å². The van der Waals surface area contributed by atoms with E-state index in [1.54, 1.807) is 0 Å². The lowest BCUT2D eigenvalue weighted by Gasteiger charge is -2.26. The maximum absolute atomic E-state index is 12.4. The summed E-state index contributed by atoms with van der Waals surface area (Å²) in [4.78, 5) is 11.3. The zero-order chi connectivity index (χ0) is 26.5. The van der Waals surface area contributed by atoms with Gasteiger partial charge in [0.15, 0.2) is 0 Å². The van der Waals surface area contributed by atoms with E-state index in [1.165, 1.54) is 24.3 Å². The van der Waals surface area contributed by atoms with Gasteiger partial charge in [-0.25, -0.2) is 4.98 Å². The normalized spacial score (nSPS) is 14.5. The molecule has 0 amide bonds. The van der Waals surface area contributed by atoms with Gasteiger partial charge in [-0.3, -0.25) is 4.90 Å². The molecule has 1 fully saturated rings. The Bertz CT molecular complexity index is 1330. The Kier molecular flexibility index (Phi) is 7.61. The van der Waals surface area contributed by atoms with E-state index in [0.717, 1.165) is 62.0 Å². The maximum Gasteiger partial charge on any atom is 0.573 e. The molecule has 0 unspecified atom stereocenters. The Morgan fingerprint density at radius 2 is 1.84 bits per heavy atom. The van der Waals surface area contributed by atoms with Crippen molar-refractivity contribution in [2.45, 2.75) is 19.8 Å². The second-order valence-corrected chi connectivity index (χ2v) is 8.93. The Labute approximate surface area is 217 Å². The van der Waals surface area contributed by atoms with Gasteiger partial charge in [0.2, 0.25) is 5.82 Å². The number of benzene rings is 1. The van der Waals surface area contributed by atoms with Crippen LogP contribution >= 0.6 is 0 Å². The number of halogens is 3. The highest BCUT2D eigenvalue weighted by Crippen LogP contribution is 2.27. The standard InChI is InChI=1S/C26H27F3N6O3/c1-18-14-21(25-32-24(33-38-25)20-3-5-22(6-4-20)37-26(27,28)29)17-35(18)16-19-2-7-23(31-15-19)30-8-9-34-10-12-36-13-11-34/h2-7,14-15,17H,8-13,16H2,1H3,(H,30,31). The molecule has 0 spiro atoms. The molecule has 0 radical (unpaired) electrons. The van der Waals surface area contributed by atoms with Crippen molar-refractivity contribution < 1.29 is 27.2 Å². The average Bonchev–Trinajstić information content (AvgIpc) is 3.53. The molecule has 4 aromatic rings. The number of aromatic nitrogens is 4. The Morgan fingerprint density at radius 1 is 1.05 bits per heavy atom. The molecule has 0 saturated carbocycles. The van der Waals surface area contributed by atoms with Crippen molar-refractivity contribution >= 4 is 5.82 Å². The highest BCUT2D eigenvalue weighted by molar-refractivity contribution is 5.60. The molecule has 200 valence electrons. The number of aryl methyl sites for hydroxylation is 1. The third-order valence-electron chi connectivity index (χ3n) is 6.15. The number of rotatable bonds is 9. The molecule has 1 aliphatic rings. The minimum Gasteiger partial charge on any atom is -0.406 e. The number of alkyl halides is 3. The summed E-state index contributed by atoms with van der Waals surface area (Å²) in [7, 11) is 0. The first kappa shape index (κ1) is 25.7. The topological polar surface area (TPSA) is 90.5 Å². The van der Waals surface area contributed by atoms with Crippen LogP contribution in [-0.2, 0) is 11.3 Å². The number of hydrogen-bond acceptors (Lipinski definition) is 8. The molecule has 38 heavy (non-hydrogen) atoms. The smallest absolute Gasteiger partial charge is 0.406 e. The van der Waals surface area contributed by atoms with Crippen LogP contribution in [0.3, 0.4) is 0 Å². The monoisotopic (exact) mass is 528 g/mol. The fourth-order valence-electron chi connectivity index (χ4n) is 4.15. The SMILES string of the molecule is Cc1cc(-c2nc(-c3ccc(OC(F)(F)F)cc3)no2)cn1Cc1ccc(NCCN2CCOCC2)nc1. The molecule has 0 aliphatic carbocycles. The van der Waals surface area contributed by atoms with Crippen molar-refractivity contribution in [3.63, 3.8) is 0 Å². The van der Waals surface area contributed by atoms with E-state index in [2.05, 4.69) is 34.6 Å². The van der Waals surface area contributed by atoms with Gasteiger partial charge in [-0.2, -0.15) is 4.98 Å². The van der Waals surface area contributed by atoms with E-state index in [0.29, 0.717) is 18.0 Å². The minimum absolute atomic E-state index is 0.268. The molecular weight excluding hydrogens is 501 g/mol. The first-order valence-corrected chi connectivity index (χ1v) is 12.2. The molecular formula is C26H27F3N6O3. The van der Waals surface area contributed by atoms with E-state index in [9.17, 15) is 13.2 Å². The Morgan fingerprint density at radius 3 is 2.55 bits per heavy atom. The zero-order valence-corrected chi connectivity index (χ0v) is 20.7. The number of pyridine rings is 1. The number of anilines is 1. The quantitative estimate of drug-likeness (QED) is 0.337. The summed E-state index contributed by atoms with van der Waals surface area (Å²) < 4.78 is 53.9. The van der Waals surface area contributed by atoms with Crippen LogP contribution in [0.15, 0.2) is 59.4 Å². The molecule has 12 heteroatoms. The molecule has 1 aromatic carbocycles. The summed E-state index contributed by atoms with van der Waals surface area (Å²) in [5.41, 5.74) is 3.30. The summed E-state index contributed by atoms with van der Waals surface area (Å²) >= 11 is 0. The van der Waals surface area contributed by atoms with E-state index >= 15 is 0 Å². The Hall–Kier alpha value is -3.90. The first-order chi connectivity index (χ1) is 18.3. The van der Waals surface area contributed by atoms with Gasteiger partial charge in [-0.05, 0) is 48.9 Å². The van der Waals surface area contributed by atoms with Crippen LogP contribution in [0.25, 0.3) is 22.8 Å². The predicted molar refractivity (Wildman–Crippen MR) is 134 cm³/mol. The number of nitrogens with one attached hydrogen (secondary N) is 1. The van der Waals surface area contributed by atoms with Gasteiger partial charge in [0.05, 0.1) is 18.8 Å². The van der Waals surface area contributed by atoms with Crippen LogP contribution in [-0.4, -0.2) is 70.3 Å². The van der Waals surface area contributed by atoms with Gasteiger partial charge < -0.3 is 23.9 Å². The van der Waals surface area contributed by atoms with Crippen molar-refractivity contribution in [3.8, 4) is 28.6 Å². The Balaban J connectivity index is 1.18. The van der Waals surface area contributed by atoms with Gasteiger partial charge in [-0.15, -0.1) is 13.2 Å². The van der Waals surface area contributed by atoms with Crippen molar-refractivity contribution in [2.75, 3.05) is 44.7 Å². The lowest BCUT2D eigenvalue weighted by Crippen LogP contribution is -2.39. The van der Waals surface area contributed by atoms with Crippen LogP contribution in [0.4, 0.5) is 19.0 Å². The fraction of sp³-hybridized carbons (Fsp3) is 0.346. The number of nitrogens with zero attached hydrogens (tertiary/aromatic N) is 5. The highest BCUT2D eigenvalue weighted by Gasteiger charge is 2.31. The van der Waals surface area contributed by atoms with E-state index < -0.39 is 6.36 Å². The fourth-order valence-corrected chi connectivity index (χ4v) is 4.15. The molecule has 1 N–H and O–H groups in total. The van der Waals surface area contributed by atoms with Crippen LogP contribution in [0.5, 0.6) is 5.75 Å². The van der Waals surface area contributed by atoms with Crippen molar-refractivity contribution in [1.82, 2.24) is 24.6 Å². The number of hydrogen-bond donors (Lipinski definition) is 1. The predicted octanol–water partition coefficient (Wildman–Crippen LogP) is 4.60. The van der Waals surface area contributed by atoms with Crippen molar-refractivity contribution in [3.05, 3.63) is 66.1 Å². The summed E-state index contributed by atoms with van der Waals surface area (Å²) in [5.74, 6) is 1.10. The van der Waals surface area contributed by atoms with Gasteiger partial charge in [0.1, 0.15) is 11.6 Å². The van der Waals surface area contributed by atoms with Crippen molar-refractivity contribution in [2.24, 2.45) is 0 Å². The molecule has 4 heterocycles. The zero-order valence-electron chi connectivity index (χ0n) is 20.7. The second kappa shape index (κ2) is 11.2. The van der Waals surface area contributed by atoms with Crippen LogP contribution in [0, 0.1) is 6.92 Å². The summed E-state index contributed by atoms with van der Waals surface area (Å²) in [6.07, 6.45) is -0.974. The molecule has 0 bridgehead atoms. The van der Waals surface area contributed by atoms with Gasteiger partial charge in [0.25, 0.3) is 5.89 Å². The summed E-state index contributed by atoms with van der Waals surface area (Å²) in [6, 6.07) is 11.3. The molecule has 0 atom stereocenters. The van der Waals surface area contributed by atoms with Gasteiger partial charge >= 0.3 is 6.36 Å². The maximum atomic E-state index is 12.4. The van der Waals surface area contributed by atoms with Crippen LogP contribution < -0.4 is 10.1 Å². The highest BCUT2D eigenvalue weighted by atomic mass is 19.4. The van der Waals surface area contributed by atoms with Crippen LogP contribution in [0.2, 0.25) is 0 Å². The third kappa shape index (κ3) is 6.69. The molecule has 5 rings (SSSR count).